The average molecular weight is 376 g/mol. The quantitative estimate of drug-likeness (QED) is 0.555. The second-order valence-electron chi connectivity index (χ2n) is 4.97. The van der Waals surface area contributed by atoms with Gasteiger partial charge in [-0.15, -0.1) is 0 Å². The summed E-state index contributed by atoms with van der Waals surface area (Å²) in [6, 6.07) is 5.59. The maximum atomic E-state index is 11.6. The lowest BCUT2D eigenvalue weighted by Gasteiger charge is -2.40. The molecule has 0 amide bonds. The van der Waals surface area contributed by atoms with Crippen molar-refractivity contribution in [2.75, 3.05) is 11.9 Å². The highest BCUT2D eigenvalue weighted by atomic mass is 79.9. The van der Waals surface area contributed by atoms with Crippen molar-refractivity contribution >= 4 is 37.6 Å². The summed E-state index contributed by atoms with van der Waals surface area (Å²) in [6.07, 6.45) is 3.67. The van der Waals surface area contributed by atoms with Crippen LogP contribution in [0.3, 0.4) is 0 Å². The predicted molar refractivity (Wildman–Crippen MR) is 79.7 cm³/mol. The molecule has 0 aromatic heterocycles. The first-order chi connectivity index (χ1) is 8.56. The fourth-order valence-electron chi connectivity index (χ4n) is 2.13. The Labute approximate surface area is 124 Å². The van der Waals surface area contributed by atoms with Crippen molar-refractivity contribution < 1.29 is 9.53 Å². The van der Waals surface area contributed by atoms with Crippen molar-refractivity contribution in [1.82, 2.24) is 0 Å². The second-order valence-corrected chi connectivity index (χ2v) is 6.45. The third kappa shape index (κ3) is 2.97. The van der Waals surface area contributed by atoms with Gasteiger partial charge in [-0.2, -0.15) is 0 Å². The van der Waals surface area contributed by atoms with Crippen molar-refractivity contribution in [2.24, 2.45) is 5.41 Å². The van der Waals surface area contributed by atoms with Crippen LogP contribution in [-0.2, 0) is 0 Å². The van der Waals surface area contributed by atoms with Crippen LogP contribution in [0.2, 0.25) is 0 Å². The van der Waals surface area contributed by atoms with Gasteiger partial charge in [0.05, 0.1) is 12.2 Å². The largest absolute Gasteiger partial charge is 0.492 e. The summed E-state index contributed by atoms with van der Waals surface area (Å²) in [5.74, 6) is 0.728. The van der Waals surface area contributed by atoms with Crippen LogP contribution in [-0.4, -0.2) is 17.7 Å². The van der Waals surface area contributed by atoms with E-state index in [9.17, 15) is 4.79 Å². The van der Waals surface area contributed by atoms with Gasteiger partial charge in [-0.25, -0.2) is 0 Å². The van der Waals surface area contributed by atoms with Crippen molar-refractivity contribution in [2.45, 2.75) is 26.2 Å². The lowest BCUT2D eigenvalue weighted by molar-refractivity contribution is 0.0819. The van der Waals surface area contributed by atoms with E-state index in [0.717, 1.165) is 9.80 Å². The summed E-state index contributed by atoms with van der Waals surface area (Å²) < 4.78 is 6.78. The SMILES string of the molecule is CC(=O)c1cc(Br)ccc1OCC1(CBr)CCC1. The van der Waals surface area contributed by atoms with Crippen LogP contribution in [0.5, 0.6) is 5.75 Å². The normalized spacial score (nSPS) is 17.1. The van der Waals surface area contributed by atoms with E-state index in [-0.39, 0.29) is 11.2 Å². The minimum Gasteiger partial charge on any atom is -0.492 e. The van der Waals surface area contributed by atoms with Crippen molar-refractivity contribution in [3.05, 3.63) is 28.2 Å². The molecule has 1 fully saturated rings. The lowest BCUT2D eigenvalue weighted by Crippen LogP contribution is -2.37. The first-order valence-corrected chi connectivity index (χ1v) is 7.97. The topological polar surface area (TPSA) is 26.3 Å². The Morgan fingerprint density at radius 2 is 2.17 bits per heavy atom. The molecule has 0 atom stereocenters. The molecule has 4 heteroatoms. The first kappa shape index (κ1) is 14.1. The molecule has 98 valence electrons. The molecule has 2 nitrogen and oxygen atoms in total. The van der Waals surface area contributed by atoms with E-state index in [1.54, 1.807) is 6.92 Å². The molecular weight excluding hydrogens is 360 g/mol. The maximum Gasteiger partial charge on any atom is 0.163 e. The molecule has 0 aliphatic heterocycles. The van der Waals surface area contributed by atoms with Crippen molar-refractivity contribution in [3.8, 4) is 5.75 Å². The van der Waals surface area contributed by atoms with Gasteiger partial charge in [0.25, 0.3) is 0 Å². The van der Waals surface area contributed by atoms with E-state index in [4.69, 9.17) is 4.74 Å². The molecule has 1 aliphatic rings. The molecule has 0 unspecified atom stereocenters. The van der Waals surface area contributed by atoms with E-state index in [1.807, 2.05) is 18.2 Å². The standard InChI is InChI=1S/C14H16Br2O2/c1-10(17)12-7-11(16)3-4-13(12)18-9-14(8-15)5-2-6-14/h3-4,7H,2,5-6,8-9H2,1H3. The third-order valence-electron chi connectivity index (χ3n) is 3.55. The van der Waals surface area contributed by atoms with Gasteiger partial charge in [-0.3, -0.25) is 4.79 Å². The molecule has 1 aromatic rings. The molecule has 0 N–H and O–H groups in total. The van der Waals surface area contributed by atoms with Crippen LogP contribution in [0.25, 0.3) is 0 Å². The second kappa shape index (κ2) is 5.74. The zero-order valence-corrected chi connectivity index (χ0v) is 13.5. The number of benzene rings is 1. The highest BCUT2D eigenvalue weighted by Gasteiger charge is 2.36. The Kier molecular flexibility index (Phi) is 4.49. The molecule has 1 aliphatic carbocycles. The molecule has 0 saturated heterocycles. The molecule has 2 rings (SSSR count). The summed E-state index contributed by atoms with van der Waals surface area (Å²) in [6.45, 7) is 2.25. The van der Waals surface area contributed by atoms with Gasteiger partial charge in [0.1, 0.15) is 5.75 Å². The summed E-state index contributed by atoms with van der Waals surface area (Å²) in [4.78, 5) is 11.6. The van der Waals surface area contributed by atoms with Crippen LogP contribution in [0.1, 0.15) is 36.5 Å². The van der Waals surface area contributed by atoms with E-state index in [1.165, 1.54) is 19.3 Å². The smallest absolute Gasteiger partial charge is 0.163 e. The zero-order valence-electron chi connectivity index (χ0n) is 10.3. The van der Waals surface area contributed by atoms with Crippen molar-refractivity contribution in [3.63, 3.8) is 0 Å². The number of carbonyl (C=O) groups excluding carboxylic acids is 1. The highest BCUT2D eigenvalue weighted by Crippen LogP contribution is 2.43. The molecule has 0 radical (unpaired) electrons. The molecule has 0 spiro atoms. The van der Waals surface area contributed by atoms with Gasteiger partial charge in [0.2, 0.25) is 0 Å². The van der Waals surface area contributed by atoms with Gasteiger partial charge in [-0.1, -0.05) is 38.3 Å². The number of hydrogen-bond donors (Lipinski definition) is 0. The van der Waals surface area contributed by atoms with E-state index < -0.39 is 0 Å². The number of carbonyl (C=O) groups is 1. The summed E-state index contributed by atoms with van der Waals surface area (Å²) >= 11 is 6.94. The maximum absolute atomic E-state index is 11.6. The van der Waals surface area contributed by atoms with Crippen LogP contribution >= 0.6 is 31.9 Å². The number of Topliss-reactive ketones (excluding diaryl/α,β-unsaturated/α-hetero) is 1. The fourth-order valence-corrected chi connectivity index (χ4v) is 3.21. The molecule has 0 heterocycles. The average Bonchev–Trinajstić information content (AvgIpc) is 2.29. The predicted octanol–water partition coefficient (Wildman–Crippen LogP) is 4.60. The molecule has 18 heavy (non-hydrogen) atoms. The summed E-state index contributed by atoms with van der Waals surface area (Å²) in [7, 11) is 0. The Morgan fingerprint density at radius 1 is 1.44 bits per heavy atom. The van der Waals surface area contributed by atoms with Crippen molar-refractivity contribution in [1.29, 1.82) is 0 Å². The third-order valence-corrected chi connectivity index (χ3v) is 5.24. The number of ketones is 1. The van der Waals surface area contributed by atoms with Crippen LogP contribution < -0.4 is 4.74 Å². The number of hydrogen-bond acceptors (Lipinski definition) is 2. The van der Waals surface area contributed by atoms with Crippen LogP contribution in [0.4, 0.5) is 0 Å². The summed E-state index contributed by atoms with van der Waals surface area (Å²) in [5.41, 5.74) is 0.912. The number of halogens is 2. The van der Waals surface area contributed by atoms with Gasteiger partial charge in [-0.05, 0) is 38.0 Å². The minimum absolute atomic E-state index is 0.0350. The number of ether oxygens (including phenoxy) is 1. The molecule has 1 saturated carbocycles. The van der Waals surface area contributed by atoms with E-state index >= 15 is 0 Å². The van der Waals surface area contributed by atoms with E-state index in [0.29, 0.717) is 17.9 Å². The Balaban J connectivity index is 2.11. The molecular formula is C14H16Br2O2. The van der Waals surface area contributed by atoms with E-state index in [2.05, 4.69) is 31.9 Å². The minimum atomic E-state index is 0.0350. The summed E-state index contributed by atoms with van der Waals surface area (Å²) in [5, 5.41) is 0.964. The fraction of sp³-hybridized carbons (Fsp3) is 0.500. The first-order valence-electron chi connectivity index (χ1n) is 6.06. The zero-order chi connectivity index (χ0) is 13.2. The Morgan fingerprint density at radius 3 is 2.67 bits per heavy atom. The van der Waals surface area contributed by atoms with Gasteiger partial charge in [0, 0.05) is 15.2 Å². The molecule has 0 bridgehead atoms. The van der Waals surface area contributed by atoms with Crippen LogP contribution in [0, 0.1) is 5.41 Å². The Hall–Kier alpha value is -0.350. The van der Waals surface area contributed by atoms with Gasteiger partial charge < -0.3 is 4.74 Å². The lowest BCUT2D eigenvalue weighted by atomic mass is 9.71. The molecule has 1 aromatic carbocycles. The monoisotopic (exact) mass is 374 g/mol. The Bertz CT molecular complexity index is 448. The number of rotatable bonds is 5. The van der Waals surface area contributed by atoms with Crippen LogP contribution in [0.15, 0.2) is 22.7 Å². The number of alkyl halides is 1. The highest BCUT2D eigenvalue weighted by molar-refractivity contribution is 9.10. The van der Waals surface area contributed by atoms with Gasteiger partial charge >= 0.3 is 0 Å². The van der Waals surface area contributed by atoms with Gasteiger partial charge in [0.15, 0.2) is 5.78 Å².